The van der Waals surface area contributed by atoms with Gasteiger partial charge in [0.2, 0.25) is 5.95 Å². The first-order chi connectivity index (χ1) is 12.2. The van der Waals surface area contributed by atoms with Crippen LogP contribution in [0.3, 0.4) is 0 Å². The third-order valence-corrected chi connectivity index (χ3v) is 3.44. The molecular weight excluding hydrogens is 320 g/mol. The number of rotatable bonds is 9. The average Bonchev–Trinajstić information content (AvgIpc) is 2.65. The van der Waals surface area contributed by atoms with Crippen LogP contribution in [0.5, 0.6) is 5.75 Å². The van der Waals surface area contributed by atoms with Crippen molar-refractivity contribution in [2.24, 2.45) is 0 Å². The monoisotopic (exact) mass is 344 g/mol. The van der Waals surface area contributed by atoms with Crippen LogP contribution in [0.25, 0.3) is 0 Å². The van der Waals surface area contributed by atoms with Crippen molar-refractivity contribution in [1.82, 2.24) is 9.97 Å². The summed E-state index contributed by atoms with van der Waals surface area (Å²) in [4.78, 5) is 20.7. The van der Waals surface area contributed by atoms with E-state index in [0.717, 1.165) is 24.3 Å². The second-order valence-corrected chi connectivity index (χ2v) is 5.30. The predicted molar refractivity (Wildman–Crippen MR) is 97.1 cm³/mol. The Bertz CT molecular complexity index is 689. The van der Waals surface area contributed by atoms with Gasteiger partial charge < -0.3 is 20.1 Å². The quantitative estimate of drug-likeness (QED) is 0.676. The molecule has 0 bridgehead atoms. The van der Waals surface area contributed by atoms with Crippen molar-refractivity contribution in [2.75, 3.05) is 30.9 Å². The number of methoxy groups -OCH3 is 1. The molecule has 0 unspecified atom stereocenters. The van der Waals surface area contributed by atoms with Gasteiger partial charge in [-0.15, -0.1) is 0 Å². The summed E-state index contributed by atoms with van der Waals surface area (Å²) >= 11 is 0. The highest BCUT2D eigenvalue weighted by Crippen LogP contribution is 2.18. The van der Waals surface area contributed by atoms with E-state index in [1.807, 2.05) is 24.3 Å². The Morgan fingerprint density at radius 3 is 2.56 bits per heavy atom. The number of carbonyl (C=O) groups is 1. The van der Waals surface area contributed by atoms with E-state index < -0.39 is 5.97 Å². The van der Waals surface area contributed by atoms with Gasteiger partial charge in [0.1, 0.15) is 17.1 Å². The van der Waals surface area contributed by atoms with E-state index in [1.165, 1.54) is 6.20 Å². The predicted octanol–water partition coefficient (Wildman–Crippen LogP) is 3.10. The fraction of sp³-hybridized carbons (Fsp3) is 0.389. The zero-order valence-corrected chi connectivity index (χ0v) is 14.8. The van der Waals surface area contributed by atoms with Crippen LogP contribution >= 0.6 is 0 Å². The van der Waals surface area contributed by atoms with Gasteiger partial charge in [0.15, 0.2) is 0 Å². The second kappa shape index (κ2) is 9.46. The van der Waals surface area contributed by atoms with Crippen molar-refractivity contribution < 1.29 is 14.3 Å². The molecule has 1 aromatic heterocycles. The lowest BCUT2D eigenvalue weighted by Gasteiger charge is -2.12. The van der Waals surface area contributed by atoms with Gasteiger partial charge in [-0.2, -0.15) is 4.98 Å². The highest BCUT2D eigenvalue weighted by molar-refractivity contribution is 5.94. The summed E-state index contributed by atoms with van der Waals surface area (Å²) in [5.74, 6) is 1.28. The smallest absolute Gasteiger partial charge is 0.343 e. The zero-order valence-electron chi connectivity index (χ0n) is 14.8. The highest BCUT2D eigenvalue weighted by Gasteiger charge is 2.15. The molecule has 0 amide bonds. The van der Waals surface area contributed by atoms with Crippen LogP contribution in [0.15, 0.2) is 30.5 Å². The highest BCUT2D eigenvalue weighted by atomic mass is 16.5. The lowest BCUT2D eigenvalue weighted by atomic mass is 10.2. The number of nitrogens with one attached hydrogen (secondary N) is 2. The Balaban J connectivity index is 2.16. The van der Waals surface area contributed by atoms with Gasteiger partial charge in [-0.25, -0.2) is 9.78 Å². The van der Waals surface area contributed by atoms with Crippen LogP contribution in [0.1, 0.15) is 36.2 Å². The Kier molecular flexibility index (Phi) is 7.00. The molecule has 2 rings (SSSR count). The fourth-order valence-electron chi connectivity index (χ4n) is 2.13. The standard InChI is InChI=1S/C18H24N4O3/c1-4-10-19-18-21-12-15(17(23)25-5-2)16(22-18)20-11-13-6-8-14(24-3)9-7-13/h6-9,12H,4-5,10-11H2,1-3H3,(H2,19,20,21,22). The number of aromatic nitrogens is 2. The first-order valence-corrected chi connectivity index (χ1v) is 8.32. The summed E-state index contributed by atoms with van der Waals surface area (Å²) in [6.45, 7) is 5.40. The molecule has 0 aliphatic heterocycles. The number of hydrogen-bond acceptors (Lipinski definition) is 7. The van der Waals surface area contributed by atoms with E-state index in [4.69, 9.17) is 9.47 Å². The van der Waals surface area contributed by atoms with Crippen LogP contribution in [0.4, 0.5) is 11.8 Å². The Hall–Kier alpha value is -2.83. The molecule has 2 aromatic rings. The van der Waals surface area contributed by atoms with E-state index >= 15 is 0 Å². The SMILES string of the molecule is CCCNc1ncc(C(=O)OCC)c(NCc2ccc(OC)cc2)n1. The maximum atomic E-state index is 12.1. The number of anilines is 2. The summed E-state index contributed by atoms with van der Waals surface area (Å²) in [5, 5.41) is 6.31. The first kappa shape index (κ1) is 18.5. The molecule has 134 valence electrons. The topological polar surface area (TPSA) is 85.4 Å². The van der Waals surface area contributed by atoms with Gasteiger partial charge in [-0.1, -0.05) is 19.1 Å². The van der Waals surface area contributed by atoms with Crippen LogP contribution in [-0.2, 0) is 11.3 Å². The number of hydrogen-bond donors (Lipinski definition) is 2. The van der Waals surface area contributed by atoms with Crippen molar-refractivity contribution in [3.8, 4) is 5.75 Å². The minimum atomic E-state index is -0.443. The second-order valence-electron chi connectivity index (χ2n) is 5.30. The molecule has 0 aliphatic rings. The summed E-state index contributed by atoms with van der Waals surface area (Å²) < 4.78 is 10.2. The summed E-state index contributed by atoms with van der Waals surface area (Å²) in [6.07, 6.45) is 2.44. The fourth-order valence-corrected chi connectivity index (χ4v) is 2.13. The van der Waals surface area contributed by atoms with Crippen molar-refractivity contribution in [1.29, 1.82) is 0 Å². The lowest BCUT2D eigenvalue weighted by Crippen LogP contribution is -2.14. The zero-order chi connectivity index (χ0) is 18.1. The molecule has 0 atom stereocenters. The van der Waals surface area contributed by atoms with Crippen molar-refractivity contribution >= 4 is 17.7 Å². The van der Waals surface area contributed by atoms with Gasteiger partial charge in [-0.05, 0) is 31.0 Å². The average molecular weight is 344 g/mol. The van der Waals surface area contributed by atoms with Gasteiger partial charge in [-0.3, -0.25) is 0 Å². The molecule has 7 nitrogen and oxygen atoms in total. The van der Waals surface area contributed by atoms with E-state index in [2.05, 4.69) is 27.5 Å². The lowest BCUT2D eigenvalue weighted by molar-refractivity contribution is 0.0526. The normalized spacial score (nSPS) is 10.2. The van der Waals surface area contributed by atoms with E-state index in [1.54, 1.807) is 14.0 Å². The molecule has 0 radical (unpaired) electrons. The van der Waals surface area contributed by atoms with Gasteiger partial charge in [0.25, 0.3) is 0 Å². The van der Waals surface area contributed by atoms with Crippen LogP contribution in [-0.4, -0.2) is 36.2 Å². The minimum absolute atomic E-state index is 0.298. The van der Waals surface area contributed by atoms with Crippen LogP contribution in [0, 0.1) is 0 Å². The number of ether oxygens (including phenoxy) is 2. The molecule has 25 heavy (non-hydrogen) atoms. The molecule has 1 heterocycles. The summed E-state index contributed by atoms with van der Waals surface area (Å²) in [6, 6.07) is 7.68. The molecule has 7 heteroatoms. The number of nitrogens with zero attached hydrogens (tertiary/aromatic N) is 2. The molecule has 2 N–H and O–H groups in total. The number of esters is 1. The van der Waals surface area contributed by atoms with E-state index in [0.29, 0.717) is 30.5 Å². The minimum Gasteiger partial charge on any atom is -0.497 e. The molecule has 1 aromatic carbocycles. The van der Waals surface area contributed by atoms with Gasteiger partial charge in [0.05, 0.1) is 13.7 Å². The number of benzene rings is 1. The van der Waals surface area contributed by atoms with Crippen LogP contribution in [0.2, 0.25) is 0 Å². The van der Waals surface area contributed by atoms with Crippen molar-refractivity contribution in [3.05, 3.63) is 41.6 Å². The third-order valence-electron chi connectivity index (χ3n) is 3.44. The molecule has 0 saturated heterocycles. The Morgan fingerprint density at radius 2 is 1.92 bits per heavy atom. The molecule has 0 fully saturated rings. The van der Waals surface area contributed by atoms with E-state index in [9.17, 15) is 4.79 Å². The number of carbonyl (C=O) groups excluding carboxylic acids is 1. The van der Waals surface area contributed by atoms with Crippen molar-refractivity contribution in [3.63, 3.8) is 0 Å². The maximum absolute atomic E-state index is 12.1. The summed E-state index contributed by atoms with van der Waals surface area (Å²) in [7, 11) is 1.63. The van der Waals surface area contributed by atoms with Gasteiger partial charge >= 0.3 is 5.97 Å². The molecular formula is C18H24N4O3. The van der Waals surface area contributed by atoms with E-state index in [-0.39, 0.29) is 0 Å². The summed E-state index contributed by atoms with van der Waals surface area (Å²) in [5.41, 5.74) is 1.36. The Labute approximate surface area is 147 Å². The van der Waals surface area contributed by atoms with Gasteiger partial charge in [0, 0.05) is 19.3 Å². The first-order valence-electron chi connectivity index (χ1n) is 8.32. The Morgan fingerprint density at radius 1 is 1.16 bits per heavy atom. The molecule has 0 aliphatic carbocycles. The third kappa shape index (κ3) is 5.34. The maximum Gasteiger partial charge on any atom is 0.343 e. The molecule has 0 spiro atoms. The van der Waals surface area contributed by atoms with Crippen molar-refractivity contribution in [2.45, 2.75) is 26.8 Å². The van der Waals surface area contributed by atoms with Crippen LogP contribution < -0.4 is 15.4 Å². The molecule has 0 saturated carbocycles. The largest absolute Gasteiger partial charge is 0.497 e.